The number of aryl methyl sites for hydroxylation is 1. The van der Waals surface area contributed by atoms with Crippen LogP contribution in [0, 0.1) is 6.92 Å². The number of nitrogens with zero attached hydrogens (tertiary/aromatic N) is 3. The van der Waals surface area contributed by atoms with Gasteiger partial charge in [0.05, 0.1) is 12.6 Å². The van der Waals surface area contributed by atoms with E-state index in [1.807, 2.05) is 18.5 Å². The van der Waals surface area contributed by atoms with Crippen molar-refractivity contribution < 1.29 is 5.11 Å². The van der Waals surface area contributed by atoms with Gasteiger partial charge in [-0.1, -0.05) is 32.6 Å². The van der Waals surface area contributed by atoms with Gasteiger partial charge in [0, 0.05) is 5.92 Å². The highest BCUT2D eigenvalue weighted by Gasteiger charge is 2.21. The largest absolute Gasteiger partial charge is 0.391 e. The lowest BCUT2D eigenvalue weighted by atomic mass is 9.99. The summed E-state index contributed by atoms with van der Waals surface area (Å²) in [5, 5.41) is 14.3. The summed E-state index contributed by atoms with van der Waals surface area (Å²) >= 11 is 0. The summed E-state index contributed by atoms with van der Waals surface area (Å²) < 4.78 is 1.94. The van der Waals surface area contributed by atoms with Gasteiger partial charge in [-0.25, -0.2) is 9.67 Å². The third-order valence-corrected chi connectivity index (χ3v) is 3.88. The van der Waals surface area contributed by atoms with Crippen LogP contribution in [0.1, 0.15) is 69.4 Å². The van der Waals surface area contributed by atoms with Crippen LogP contribution in [0.15, 0.2) is 0 Å². The average molecular weight is 251 g/mol. The third kappa shape index (κ3) is 3.31. The van der Waals surface area contributed by atoms with Gasteiger partial charge >= 0.3 is 0 Å². The molecule has 1 atom stereocenters. The minimum absolute atomic E-state index is 0.310. The van der Waals surface area contributed by atoms with E-state index in [9.17, 15) is 5.11 Å². The van der Waals surface area contributed by atoms with E-state index in [1.54, 1.807) is 0 Å². The fourth-order valence-electron chi connectivity index (χ4n) is 2.77. The minimum Gasteiger partial charge on any atom is -0.391 e. The van der Waals surface area contributed by atoms with Crippen molar-refractivity contribution in [2.24, 2.45) is 0 Å². The highest BCUT2D eigenvalue weighted by molar-refractivity contribution is 5.00. The molecule has 1 heterocycles. The fourth-order valence-corrected chi connectivity index (χ4v) is 2.77. The van der Waals surface area contributed by atoms with E-state index >= 15 is 0 Å². The molecule has 0 unspecified atom stereocenters. The molecule has 1 aliphatic rings. The molecule has 1 aromatic heterocycles. The average Bonchev–Trinajstić information content (AvgIpc) is 2.58. The van der Waals surface area contributed by atoms with Crippen LogP contribution in [0.3, 0.4) is 0 Å². The minimum atomic E-state index is -0.310. The van der Waals surface area contributed by atoms with Crippen LogP contribution in [-0.2, 0) is 6.54 Å². The van der Waals surface area contributed by atoms with E-state index in [-0.39, 0.29) is 6.10 Å². The maximum Gasteiger partial charge on any atom is 0.147 e. The number of aliphatic hydroxyl groups excluding tert-OH is 1. The molecular weight excluding hydrogens is 226 g/mol. The quantitative estimate of drug-likeness (QED) is 0.837. The molecule has 4 heteroatoms. The molecule has 4 nitrogen and oxygen atoms in total. The smallest absolute Gasteiger partial charge is 0.147 e. The lowest BCUT2D eigenvalue weighted by Gasteiger charge is -2.16. The summed E-state index contributed by atoms with van der Waals surface area (Å²) in [6.07, 6.45) is 8.20. The Morgan fingerprint density at radius 2 is 1.94 bits per heavy atom. The first-order valence-electron chi connectivity index (χ1n) is 7.30. The summed E-state index contributed by atoms with van der Waals surface area (Å²) in [6, 6.07) is 0. The second-order valence-corrected chi connectivity index (χ2v) is 5.45. The predicted molar refractivity (Wildman–Crippen MR) is 71.5 cm³/mol. The highest BCUT2D eigenvalue weighted by atomic mass is 16.3. The van der Waals surface area contributed by atoms with Gasteiger partial charge < -0.3 is 5.11 Å². The molecule has 102 valence electrons. The van der Waals surface area contributed by atoms with Crippen molar-refractivity contribution in [1.82, 2.24) is 14.8 Å². The van der Waals surface area contributed by atoms with Gasteiger partial charge in [-0.2, -0.15) is 5.10 Å². The van der Waals surface area contributed by atoms with Gasteiger partial charge in [0.15, 0.2) is 0 Å². The van der Waals surface area contributed by atoms with E-state index in [2.05, 4.69) is 10.1 Å². The van der Waals surface area contributed by atoms with Crippen LogP contribution < -0.4 is 0 Å². The fraction of sp³-hybridized carbons (Fsp3) is 0.857. The second-order valence-electron chi connectivity index (χ2n) is 5.45. The summed E-state index contributed by atoms with van der Waals surface area (Å²) in [4.78, 5) is 4.60. The van der Waals surface area contributed by atoms with Crippen molar-refractivity contribution in [2.45, 2.75) is 77.4 Å². The van der Waals surface area contributed by atoms with Crippen LogP contribution in [0.5, 0.6) is 0 Å². The Bertz CT molecular complexity index is 367. The first-order valence-corrected chi connectivity index (χ1v) is 7.30. The molecule has 1 aliphatic carbocycles. The van der Waals surface area contributed by atoms with Crippen molar-refractivity contribution in [3.05, 3.63) is 11.6 Å². The van der Waals surface area contributed by atoms with Crippen molar-refractivity contribution >= 4 is 0 Å². The monoisotopic (exact) mass is 251 g/mol. The standard InChI is InChI=1S/C14H25N3O/c1-3-13(18)10-17-14(15-11(2)16-17)12-8-6-4-5-7-9-12/h12-13,18H,3-10H2,1-2H3/t13-/m0/s1. The van der Waals surface area contributed by atoms with E-state index in [1.165, 1.54) is 38.5 Å². The molecule has 1 saturated carbocycles. The molecule has 0 saturated heterocycles. The predicted octanol–water partition coefficient (Wildman–Crippen LogP) is 2.80. The zero-order valence-electron chi connectivity index (χ0n) is 11.6. The van der Waals surface area contributed by atoms with E-state index in [0.717, 1.165) is 18.1 Å². The Kier molecular flexibility index (Phi) is 4.75. The SMILES string of the molecule is CC[C@H](O)Cn1nc(C)nc1C1CCCCCC1. The molecule has 0 aliphatic heterocycles. The normalized spacial score (nSPS) is 19.7. The summed E-state index contributed by atoms with van der Waals surface area (Å²) in [5.74, 6) is 2.47. The molecular formula is C14H25N3O. The summed E-state index contributed by atoms with van der Waals surface area (Å²) in [5.41, 5.74) is 0. The zero-order chi connectivity index (χ0) is 13.0. The molecule has 1 fully saturated rings. The number of aromatic nitrogens is 3. The second kappa shape index (κ2) is 6.32. The number of aliphatic hydroxyl groups is 1. The first-order chi connectivity index (χ1) is 8.70. The lowest BCUT2D eigenvalue weighted by Crippen LogP contribution is -2.19. The zero-order valence-corrected chi connectivity index (χ0v) is 11.6. The lowest BCUT2D eigenvalue weighted by molar-refractivity contribution is 0.143. The summed E-state index contributed by atoms with van der Waals surface area (Å²) in [7, 11) is 0. The van der Waals surface area contributed by atoms with Gasteiger partial charge in [-0.05, 0) is 26.2 Å². The Balaban J connectivity index is 2.14. The Morgan fingerprint density at radius 1 is 1.28 bits per heavy atom. The van der Waals surface area contributed by atoms with Crippen LogP contribution in [0.2, 0.25) is 0 Å². The Morgan fingerprint density at radius 3 is 2.56 bits per heavy atom. The van der Waals surface area contributed by atoms with E-state index in [0.29, 0.717) is 12.5 Å². The maximum absolute atomic E-state index is 9.81. The summed E-state index contributed by atoms with van der Waals surface area (Å²) in [6.45, 7) is 4.53. The maximum atomic E-state index is 9.81. The van der Waals surface area contributed by atoms with Crippen molar-refractivity contribution in [2.75, 3.05) is 0 Å². The third-order valence-electron chi connectivity index (χ3n) is 3.88. The Hall–Kier alpha value is -0.900. The number of hydrogen-bond donors (Lipinski definition) is 1. The molecule has 0 bridgehead atoms. The highest BCUT2D eigenvalue weighted by Crippen LogP contribution is 2.30. The van der Waals surface area contributed by atoms with Crippen LogP contribution in [-0.4, -0.2) is 26.0 Å². The molecule has 0 aromatic carbocycles. The van der Waals surface area contributed by atoms with Gasteiger partial charge in [-0.3, -0.25) is 0 Å². The van der Waals surface area contributed by atoms with Gasteiger partial charge in [0.1, 0.15) is 11.6 Å². The Labute approximate surface area is 109 Å². The van der Waals surface area contributed by atoms with Crippen LogP contribution in [0.25, 0.3) is 0 Å². The van der Waals surface area contributed by atoms with Crippen molar-refractivity contribution in [3.8, 4) is 0 Å². The topological polar surface area (TPSA) is 50.9 Å². The number of hydrogen-bond acceptors (Lipinski definition) is 3. The number of rotatable bonds is 4. The molecule has 0 spiro atoms. The molecule has 0 amide bonds. The first kappa shape index (κ1) is 13.5. The van der Waals surface area contributed by atoms with Gasteiger partial charge in [0.2, 0.25) is 0 Å². The van der Waals surface area contributed by atoms with Crippen LogP contribution >= 0.6 is 0 Å². The van der Waals surface area contributed by atoms with Gasteiger partial charge in [-0.15, -0.1) is 0 Å². The van der Waals surface area contributed by atoms with Crippen molar-refractivity contribution in [3.63, 3.8) is 0 Å². The van der Waals surface area contributed by atoms with E-state index in [4.69, 9.17) is 0 Å². The van der Waals surface area contributed by atoms with Crippen molar-refractivity contribution in [1.29, 1.82) is 0 Å². The molecule has 1 N–H and O–H groups in total. The van der Waals surface area contributed by atoms with Gasteiger partial charge in [0.25, 0.3) is 0 Å². The van der Waals surface area contributed by atoms with E-state index < -0.39 is 0 Å². The van der Waals surface area contributed by atoms with Crippen LogP contribution in [0.4, 0.5) is 0 Å². The molecule has 2 rings (SSSR count). The molecule has 0 radical (unpaired) electrons. The molecule has 18 heavy (non-hydrogen) atoms. The molecule has 1 aromatic rings.